The van der Waals surface area contributed by atoms with Crippen molar-refractivity contribution < 1.29 is 32.2 Å². The fourth-order valence-electron chi connectivity index (χ4n) is 5.45. The standard InChI is InChI=1S/C31H31ClF4N2O3/c1-41-23-7-10-29-25(18-23)24(12-14-37-29)28(33)9-5-21-13-16-38(19-22(21)6-11-30(39)40)15-2-3-20-4-8-27(32)26(17-20)31(34,35)36/h4,7-8,10,12,14,17-18,21-22,28H,5-6,9,11,13,15-16,19H2,1H3,(H,39,40)/t21-,22+,28?/m1/s1. The average molecular weight is 591 g/mol. The van der Waals surface area contributed by atoms with E-state index in [0.717, 1.165) is 12.5 Å². The first kappa shape index (κ1) is 30.6. The van der Waals surface area contributed by atoms with E-state index < -0.39 is 23.9 Å². The van der Waals surface area contributed by atoms with Crippen LogP contribution in [0, 0.1) is 23.7 Å². The topological polar surface area (TPSA) is 62.7 Å². The molecule has 41 heavy (non-hydrogen) atoms. The van der Waals surface area contributed by atoms with Gasteiger partial charge in [0.15, 0.2) is 0 Å². The van der Waals surface area contributed by atoms with Crippen molar-refractivity contribution in [3.63, 3.8) is 0 Å². The number of aromatic nitrogens is 1. The monoisotopic (exact) mass is 590 g/mol. The van der Waals surface area contributed by atoms with E-state index in [0.29, 0.717) is 61.1 Å². The number of halogens is 5. The van der Waals surface area contributed by atoms with Crippen molar-refractivity contribution in [2.24, 2.45) is 11.8 Å². The number of carboxylic acids is 1. The lowest BCUT2D eigenvalue weighted by molar-refractivity contribution is -0.138. The van der Waals surface area contributed by atoms with Crippen LogP contribution in [-0.4, -0.2) is 47.7 Å². The minimum atomic E-state index is -4.57. The molecular weight excluding hydrogens is 560 g/mol. The second-order valence-electron chi connectivity index (χ2n) is 10.3. The number of aliphatic carboxylic acids is 1. The molecule has 3 aromatic rings. The molecule has 1 saturated heterocycles. The number of hydrogen-bond acceptors (Lipinski definition) is 4. The Labute approximate surface area is 241 Å². The van der Waals surface area contributed by atoms with Crippen LogP contribution in [0.1, 0.15) is 55.0 Å². The highest BCUT2D eigenvalue weighted by Crippen LogP contribution is 2.37. The molecule has 4 rings (SSSR count). The van der Waals surface area contributed by atoms with Crippen molar-refractivity contribution in [3.05, 3.63) is 70.4 Å². The van der Waals surface area contributed by atoms with Crippen LogP contribution in [0.3, 0.4) is 0 Å². The van der Waals surface area contributed by atoms with E-state index in [4.69, 9.17) is 16.3 Å². The van der Waals surface area contributed by atoms with Crippen LogP contribution in [0.25, 0.3) is 10.9 Å². The van der Waals surface area contributed by atoms with E-state index in [2.05, 4.69) is 21.7 Å². The van der Waals surface area contributed by atoms with Gasteiger partial charge in [0, 0.05) is 30.1 Å². The van der Waals surface area contributed by atoms with Crippen molar-refractivity contribution in [1.82, 2.24) is 9.88 Å². The van der Waals surface area contributed by atoms with Gasteiger partial charge in [-0.05, 0) is 92.1 Å². The molecule has 0 amide bonds. The number of hydrogen-bond donors (Lipinski definition) is 1. The fraction of sp³-hybridized carbons (Fsp3) is 0.419. The van der Waals surface area contributed by atoms with Gasteiger partial charge < -0.3 is 9.84 Å². The van der Waals surface area contributed by atoms with Crippen LogP contribution in [-0.2, 0) is 11.0 Å². The van der Waals surface area contributed by atoms with Gasteiger partial charge in [0.2, 0.25) is 0 Å². The molecule has 0 bridgehead atoms. The maximum Gasteiger partial charge on any atom is 0.417 e. The number of nitrogens with zero attached hydrogens (tertiary/aromatic N) is 2. The quantitative estimate of drug-likeness (QED) is 0.206. The Morgan fingerprint density at radius 3 is 2.73 bits per heavy atom. The van der Waals surface area contributed by atoms with Crippen molar-refractivity contribution >= 4 is 28.5 Å². The summed E-state index contributed by atoms with van der Waals surface area (Å²) in [6, 6.07) is 10.6. The summed E-state index contributed by atoms with van der Waals surface area (Å²) < 4.78 is 60.3. The highest BCUT2D eigenvalue weighted by molar-refractivity contribution is 6.31. The Morgan fingerprint density at radius 1 is 1.20 bits per heavy atom. The van der Waals surface area contributed by atoms with E-state index in [1.165, 1.54) is 12.1 Å². The number of piperidine rings is 1. The summed E-state index contributed by atoms with van der Waals surface area (Å²) in [5.74, 6) is 5.64. The molecular formula is C31H31ClF4N2O3. The maximum absolute atomic E-state index is 15.6. The van der Waals surface area contributed by atoms with Crippen LogP contribution < -0.4 is 4.74 Å². The number of carbonyl (C=O) groups is 1. The predicted octanol–water partition coefficient (Wildman–Crippen LogP) is 7.56. The molecule has 3 atom stereocenters. The van der Waals surface area contributed by atoms with Gasteiger partial charge in [0.05, 0.1) is 29.8 Å². The third kappa shape index (κ3) is 8.11. The molecule has 1 fully saturated rings. The fourth-order valence-corrected chi connectivity index (χ4v) is 5.68. The largest absolute Gasteiger partial charge is 0.497 e. The number of pyridine rings is 1. The number of ether oxygens (including phenoxy) is 1. The van der Waals surface area contributed by atoms with Gasteiger partial charge >= 0.3 is 12.1 Å². The maximum atomic E-state index is 15.6. The van der Waals surface area contributed by atoms with Crippen molar-refractivity contribution in [2.45, 2.75) is 44.5 Å². The number of carboxylic acid groups (broad SMARTS) is 1. The molecule has 218 valence electrons. The van der Waals surface area contributed by atoms with Gasteiger partial charge in [-0.15, -0.1) is 0 Å². The molecule has 0 saturated carbocycles. The van der Waals surface area contributed by atoms with Crippen molar-refractivity contribution in [1.29, 1.82) is 0 Å². The van der Waals surface area contributed by atoms with Gasteiger partial charge in [-0.1, -0.05) is 23.4 Å². The first-order chi connectivity index (χ1) is 19.5. The van der Waals surface area contributed by atoms with Crippen LogP contribution in [0.15, 0.2) is 48.7 Å². The summed E-state index contributed by atoms with van der Waals surface area (Å²) in [7, 11) is 1.56. The Balaban J connectivity index is 1.40. The van der Waals surface area contributed by atoms with Crippen LogP contribution in [0.5, 0.6) is 5.75 Å². The Morgan fingerprint density at radius 2 is 2.00 bits per heavy atom. The summed E-state index contributed by atoms with van der Waals surface area (Å²) in [5, 5.41) is 9.60. The Kier molecular flexibility index (Phi) is 10.1. The lowest BCUT2D eigenvalue weighted by Gasteiger charge is -2.38. The molecule has 0 aliphatic carbocycles. The lowest BCUT2D eigenvalue weighted by atomic mass is 9.79. The van der Waals surface area contributed by atoms with E-state index in [1.807, 2.05) is 0 Å². The molecule has 1 aromatic heterocycles. The number of benzene rings is 2. The average Bonchev–Trinajstić information content (AvgIpc) is 2.94. The predicted molar refractivity (Wildman–Crippen MR) is 150 cm³/mol. The number of rotatable bonds is 9. The minimum Gasteiger partial charge on any atom is -0.497 e. The van der Waals surface area contributed by atoms with Crippen LogP contribution in [0.2, 0.25) is 5.02 Å². The highest BCUT2D eigenvalue weighted by atomic mass is 35.5. The van der Waals surface area contributed by atoms with Gasteiger partial charge in [0.1, 0.15) is 11.9 Å². The van der Waals surface area contributed by atoms with Gasteiger partial charge in [-0.2, -0.15) is 13.2 Å². The van der Waals surface area contributed by atoms with Gasteiger partial charge in [-0.3, -0.25) is 14.7 Å². The summed E-state index contributed by atoms with van der Waals surface area (Å²) in [6.07, 6.45) is -2.06. The van der Waals surface area contributed by atoms with Crippen LogP contribution in [0.4, 0.5) is 17.6 Å². The number of likely N-dealkylation sites (tertiary alicyclic amines) is 1. The van der Waals surface area contributed by atoms with Crippen LogP contribution >= 0.6 is 11.6 Å². The molecule has 10 heteroatoms. The molecule has 1 aliphatic heterocycles. The number of methoxy groups -OCH3 is 1. The highest BCUT2D eigenvalue weighted by Gasteiger charge is 2.33. The second-order valence-corrected chi connectivity index (χ2v) is 10.7. The molecule has 5 nitrogen and oxygen atoms in total. The lowest BCUT2D eigenvalue weighted by Crippen LogP contribution is -2.41. The zero-order valence-electron chi connectivity index (χ0n) is 22.6. The third-order valence-electron chi connectivity index (χ3n) is 7.62. The summed E-state index contributed by atoms with van der Waals surface area (Å²) >= 11 is 5.69. The summed E-state index contributed by atoms with van der Waals surface area (Å²) in [4.78, 5) is 17.7. The first-order valence-electron chi connectivity index (χ1n) is 13.4. The first-order valence-corrected chi connectivity index (χ1v) is 13.8. The van der Waals surface area contributed by atoms with E-state index in [-0.39, 0.29) is 28.8 Å². The third-order valence-corrected chi connectivity index (χ3v) is 7.95. The molecule has 1 aliphatic rings. The summed E-state index contributed by atoms with van der Waals surface area (Å²) in [5.41, 5.74) is 0.535. The molecule has 2 aromatic carbocycles. The minimum absolute atomic E-state index is 0.0134. The van der Waals surface area contributed by atoms with Crippen molar-refractivity contribution in [3.8, 4) is 17.6 Å². The zero-order valence-corrected chi connectivity index (χ0v) is 23.3. The Hall–Kier alpha value is -3.35. The number of fused-ring (bicyclic) bond motifs is 1. The van der Waals surface area contributed by atoms with E-state index >= 15 is 4.39 Å². The number of alkyl halides is 4. The summed E-state index contributed by atoms with van der Waals surface area (Å²) in [6.45, 7) is 1.61. The Bertz CT molecular complexity index is 1440. The molecule has 2 heterocycles. The smallest absolute Gasteiger partial charge is 0.417 e. The zero-order chi connectivity index (χ0) is 29.6. The molecule has 0 radical (unpaired) electrons. The SMILES string of the molecule is COc1ccc2nccc(C(F)CC[C@@H]3CCN(CC#Cc4ccc(Cl)c(C(F)(F)F)c4)C[C@@H]3CCC(=O)O)c2c1. The normalized spacial score (nSPS) is 18.5. The molecule has 1 N–H and O–H groups in total. The second kappa shape index (κ2) is 13.5. The van der Waals surface area contributed by atoms with Crippen molar-refractivity contribution in [2.75, 3.05) is 26.7 Å². The van der Waals surface area contributed by atoms with E-state index in [9.17, 15) is 23.1 Å². The van der Waals surface area contributed by atoms with Gasteiger partial charge in [0.25, 0.3) is 0 Å². The molecule has 1 unspecified atom stereocenters. The van der Waals surface area contributed by atoms with Gasteiger partial charge in [-0.25, -0.2) is 4.39 Å². The van der Waals surface area contributed by atoms with E-state index in [1.54, 1.807) is 37.6 Å². The molecule has 0 spiro atoms.